The van der Waals surface area contributed by atoms with Gasteiger partial charge in [0.15, 0.2) is 0 Å². The number of rotatable bonds is 7. The molecule has 1 saturated heterocycles. The fraction of sp³-hybridized carbons (Fsp3) is 0.478. The van der Waals surface area contributed by atoms with E-state index in [2.05, 4.69) is 29.8 Å². The molecule has 0 bridgehead atoms. The van der Waals surface area contributed by atoms with Gasteiger partial charge < -0.3 is 19.7 Å². The Kier molecular flexibility index (Phi) is 6.96. The number of nitrogens with one attached hydrogen (secondary N) is 1. The number of hydrogen-bond acceptors (Lipinski definition) is 2. The number of hydrogen-bond donors (Lipinski definition) is 1. The van der Waals surface area contributed by atoms with Gasteiger partial charge in [0.2, 0.25) is 0 Å². The third-order valence-electron chi connectivity index (χ3n) is 5.50. The Labute approximate surface area is 173 Å². The van der Waals surface area contributed by atoms with Crippen LogP contribution in [0.2, 0.25) is 0 Å². The molecule has 1 unspecified atom stereocenters. The maximum atomic E-state index is 12.9. The zero-order chi connectivity index (χ0) is 20.8. The van der Waals surface area contributed by atoms with Gasteiger partial charge in [0.1, 0.15) is 0 Å². The summed E-state index contributed by atoms with van der Waals surface area (Å²) in [4.78, 5) is 29.4. The Bertz CT molecular complexity index is 822. The lowest BCUT2D eigenvalue weighted by atomic mass is 10.1. The summed E-state index contributed by atoms with van der Waals surface area (Å²) in [6, 6.07) is 11.3. The lowest BCUT2D eigenvalue weighted by Crippen LogP contribution is -2.35. The minimum absolute atomic E-state index is 0.0508. The molecule has 0 aliphatic carbocycles. The van der Waals surface area contributed by atoms with E-state index in [1.165, 1.54) is 0 Å². The molecule has 6 nitrogen and oxygen atoms in total. The topological polar surface area (TPSA) is 57.6 Å². The second-order valence-electron chi connectivity index (χ2n) is 7.70. The number of amides is 3. The molecule has 1 atom stereocenters. The standard InChI is InChI=1S/C23H32N4O2/c1-4-14-26(15-5-2)22(28)18-10-12-19(13-11-18)24-23(29)27-17-7-9-21(27)20-8-6-16-25(20)3/h6,8,10-13,16,21H,4-5,7,9,14-15,17H2,1-3H3,(H,24,29). The highest BCUT2D eigenvalue weighted by Crippen LogP contribution is 2.32. The summed E-state index contributed by atoms with van der Waals surface area (Å²) < 4.78 is 2.08. The second-order valence-corrected chi connectivity index (χ2v) is 7.70. The van der Waals surface area contributed by atoms with Gasteiger partial charge in [0.25, 0.3) is 5.91 Å². The number of urea groups is 1. The molecule has 29 heavy (non-hydrogen) atoms. The number of nitrogens with zero attached hydrogens (tertiary/aromatic N) is 3. The third kappa shape index (κ3) is 4.81. The fourth-order valence-corrected chi connectivity index (χ4v) is 4.07. The van der Waals surface area contributed by atoms with E-state index in [-0.39, 0.29) is 18.0 Å². The van der Waals surface area contributed by atoms with E-state index in [4.69, 9.17) is 0 Å². The lowest BCUT2D eigenvalue weighted by molar-refractivity contribution is 0.0755. The molecule has 3 rings (SSSR count). The van der Waals surface area contributed by atoms with Gasteiger partial charge in [0.05, 0.1) is 6.04 Å². The van der Waals surface area contributed by atoms with Crippen LogP contribution in [-0.4, -0.2) is 45.9 Å². The van der Waals surface area contributed by atoms with Crippen molar-refractivity contribution >= 4 is 17.6 Å². The predicted molar refractivity (Wildman–Crippen MR) is 116 cm³/mol. The van der Waals surface area contributed by atoms with Gasteiger partial charge in [-0.2, -0.15) is 0 Å². The Morgan fingerprint density at radius 1 is 1.10 bits per heavy atom. The van der Waals surface area contributed by atoms with Crippen LogP contribution in [0.3, 0.4) is 0 Å². The Balaban J connectivity index is 1.65. The van der Waals surface area contributed by atoms with E-state index in [0.717, 1.165) is 51.0 Å². The summed E-state index contributed by atoms with van der Waals surface area (Å²) in [6.07, 6.45) is 5.88. The molecular weight excluding hydrogens is 364 g/mol. The molecule has 0 radical (unpaired) electrons. The van der Waals surface area contributed by atoms with Gasteiger partial charge in [0, 0.05) is 49.8 Å². The quantitative estimate of drug-likeness (QED) is 0.740. The van der Waals surface area contributed by atoms with Crippen molar-refractivity contribution in [2.24, 2.45) is 7.05 Å². The van der Waals surface area contributed by atoms with Crippen molar-refractivity contribution in [1.29, 1.82) is 0 Å². The van der Waals surface area contributed by atoms with Crippen LogP contribution in [-0.2, 0) is 7.05 Å². The van der Waals surface area contributed by atoms with Gasteiger partial charge in [-0.1, -0.05) is 13.8 Å². The first-order valence-corrected chi connectivity index (χ1v) is 10.6. The monoisotopic (exact) mass is 396 g/mol. The van der Waals surface area contributed by atoms with Crippen LogP contribution in [0.4, 0.5) is 10.5 Å². The van der Waals surface area contributed by atoms with Crippen LogP contribution in [0.25, 0.3) is 0 Å². The predicted octanol–water partition coefficient (Wildman–Crippen LogP) is 4.66. The number of anilines is 1. The van der Waals surface area contributed by atoms with Crippen molar-refractivity contribution in [2.75, 3.05) is 25.0 Å². The Morgan fingerprint density at radius 2 is 1.79 bits per heavy atom. The van der Waals surface area contributed by atoms with Gasteiger partial charge in [-0.05, 0) is 62.1 Å². The first-order chi connectivity index (χ1) is 14.0. The first-order valence-electron chi connectivity index (χ1n) is 10.6. The maximum Gasteiger partial charge on any atom is 0.322 e. The van der Waals surface area contributed by atoms with Crippen molar-refractivity contribution in [3.8, 4) is 0 Å². The van der Waals surface area contributed by atoms with Crippen molar-refractivity contribution in [3.63, 3.8) is 0 Å². The van der Waals surface area contributed by atoms with Crippen molar-refractivity contribution < 1.29 is 9.59 Å². The molecule has 1 aliphatic rings. The molecule has 1 aliphatic heterocycles. The second kappa shape index (κ2) is 9.63. The highest BCUT2D eigenvalue weighted by molar-refractivity contribution is 5.95. The number of likely N-dealkylation sites (tertiary alicyclic amines) is 1. The van der Waals surface area contributed by atoms with E-state index >= 15 is 0 Å². The number of aryl methyl sites for hydroxylation is 1. The highest BCUT2D eigenvalue weighted by Gasteiger charge is 2.31. The minimum atomic E-state index is -0.0913. The molecule has 1 N–H and O–H groups in total. The van der Waals surface area contributed by atoms with Gasteiger partial charge in [-0.25, -0.2) is 4.79 Å². The van der Waals surface area contributed by atoms with Gasteiger partial charge >= 0.3 is 6.03 Å². The Hall–Kier alpha value is -2.76. The van der Waals surface area contributed by atoms with Crippen LogP contribution in [0.15, 0.2) is 42.6 Å². The van der Waals surface area contributed by atoms with Gasteiger partial charge in [-0.15, -0.1) is 0 Å². The van der Waals surface area contributed by atoms with Crippen molar-refractivity contribution in [1.82, 2.24) is 14.4 Å². The molecule has 1 aromatic carbocycles. The molecule has 0 saturated carbocycles. The first kappa shape index (κ1) is 21.0. The summed E-state index contributed by atoms with van der Waals surface area (Å²) in [7, 11) is 2.01. The third-order valence-corrected chi connectivity index (χ3v) is 5.50. The lowest BCUT2D eigenvalue weighted by Gasteiger charge is -2.25. The van der Waals surface area contributed by atoms with Crippen LogP contribution >= 0.6 is 0 Å². The molecule has 2 aromatic rings. The van der Waals surface area contributed by atoms with E-state index in [9.17, 15) is 9.59 Å². The van der Waals surface area contributed by atoms with E-state index < -0.39 is 0 Å². The zero-order valence-corrected chi connectivity index (χ0v) is 17.7. The average Bonchev–Trinajstić information content (AvgIpc) is 3.36. The van der Waals surface area contributed by atoms with Crippen LogP contribution in [0, 0.1) is 0 Å². The SMILES string of the molecule is CCCN(CCC)C(=O)c1ccc(NC(=O)N2CCCC2c2cccn2C)cc1. The smallest absolute Gasteiger partial charge is 0.322 e. The summed E-state index contributed by atoms with van der Waals surface area (Å²) in [5.41, 5.74) is 2.53. The summed E-state index contributed by atoms with van der Waals surface area (Å²) in [6.45, 7) is 6.44. The molecule has 2 heterocycles. The number of aromatic nitrogens is 1. The van der Waals surface area contributed by atoms with E-state index in [1.54, 1.807) is 12.1 Å². The molecule has 1 fully saturated rings. The summed E-state index contributed by atoms with van der Waals surface area (Å²) in [5.74, 6) is 0.0508. The number of benzene rings is 1. The van der Waals surface area contributed by atoms with Crippen LogP contribution < -0.4 is 5.32 Å². The van der Waals surface area contributed by atoms with Crippen LogP contribution in [0.5, 0.6) is 0 Å². The molecular formula is C23H32N4O2. The summed E-state index contributed by atoms with van der Waals surface area (Å²) in [5, 5.41) is 2.99. The van der Waals surface area contributed by atoms with E-state index in [0.29, 0.717) is 11.3 Å². The van der Waals surface area contributed by atoms with E-state index in [1.807, 2.05) is 41.2 Å². The number of carbonyl (C=O) groups is 2. The zero-order valence-electron chi connectivity index (χ0n) is 17.7. The Morgan fingerprint density at radius 3 is 2.38 bits per heavy atom. The summed E-state index contributed by atoms with van der Waals surface area (Å²) >= 11 is 0. The maximum absolute atomic E-state index is 12.9. The van der Waals surface area contributed by atoms with Gasteiger partial charge in [-0.3, -0.25) is 4.79 Å². The highest BCUT2D eigenvalue weighted by atomic mass is 16.2. The molecule has 156 valence electrons. The molecule has 6 heteroatoms. The molecule has 1 aromatic heterocycles. The fourth-order valence-electron chi connectivity index (χ4n) is 4.07. The normalized spacial score (nSPS) is 16.1. The number of carbonyl (C=O) groups excluding carboxylic acids is 2. The minimum Gasteiger partial charge on any atom is -0.353 e. The van der Waals surface area contributed by atoms with Crippen LogP contribution in [0.1, 0.15) is 61.6 Å². The molecule has 0 spiro atoms. The van der Waals surface area contributed by atoms with Crippen molar-refractivity contribution in [2.45, 2.75) is 45.6 Å². The largest absolute Gasteiger partial charge is 0.353 e. The average molecular weight is 397 g/mol. The molecule has 3 amide bonds. The van der Waals surface area contributed by atoms with Crippen molar-refractivity contribution in [3.05, 3.63) is 53.9 Å².